The van der Waals surface area contributed by atoms with E-state index in [1.54, 1.807) is 4.98 Å². The molecule has 2 rings (SSSR count). The maximum absolute atomic E-state index is 12.2. The molecule has 26 heteroatoms. The summed E-state index contributed by atoms with van der Waals surface area (Å²) in [6, 6.07) is 0. The molecule has 6 atom stereocenters. The highest BCUT2D eigenvalue weighted by Gasteiger charge is 2.47. The van der Waals surface area contributed by atoms with Crippen LogP contribution in [0.1, 0.15) is 11.8 Å². The first-order valence-electron chi connectivity index (χ1n) is 9.77. The van der Waals surface area contributed by atoms with Gasteiger partial charge in [0, 0.05) is 12.3 Å². The molecule has 0 aliphatic carbocycles. The van der Waals surface area contributed by atoms with Gasteiger partial charge in [0.25, 0.3) is 11.5 Å². The fourth-order valence-electron chi connectivity index (χ4n) is 2.77. The Kier molecular flexibility index (Phi) is 10.4. The van der Waals surface area contributed by atoms with E-state index >= 15 is 0 Å². The summed E-state index contributed by atoms with van der Waals surface area (Å²) in [7, 11) is -17.2. The molecular weight excluding hydrogens is 632 g/mol. The zero-order chi connectivity index (χ0) is 30.8. The van der Waals surface area contributed by atoms with Crippen molar-refractivity contribution in [2.75, 3.05) is 6.61 Å². The van der Waals surface area contributed by atoms with Gasteiger partial charge in [-0.3, -0.25) is 33.8 Å². The number of carbonyl (C=O) groups is 2. The lowest BCUT2D eigenvalue weighted by Crippen LogP contribution is -2.40. The van der Waals surface area contributed by atoms with Gasteiger partial charge in [0.15, 0.2) is 6.23 Å². The summed E-state index contributed by atoms with van der Waals surface area (Å²) in [5, 5.41) is 21.3. The van der Waals surface area contributed by atoms with Crippen LogP contribution in [0.15, 0.2) is 21.9 Å². The van der Waals surface area contributed by atoms with Crippen LogP contribution in [0.25, 0.3) is 6.08 Å². The van der Waals surface area contributed by atoms with Gasteiger partial charge in [-0.1, -0.05) is 0 Å². The van der Waals surface area contributed by atoms with Crippen LogP contribution in [-0.4, -0.2) is 82.2 Å². The topological polar surface area (TPSA) is 311 Å². The first-order valence-corrected chi connectivity index (χ1v) is 14.3. The number of nitrogens with zero attached hydrogens (tertiary/aromatic N) is 1. The second kappa shape index (κ2) is 12.2. The van der Waals surface area contributed by atoms with Crippen LogP contribution < -0.4 is 16.6 Å². The first-order chi connectivity index (χ1) is 18.0. The monoisotopic (exact) mass is 649 g/mol. The van der Waals surface area contributed by atoms with Crippen LogP contribution in [0.5, 0.6) is 0 Å². The second-order valence-corrected chi connectivity index (χ2v) is 11.8. The number of phosphoric acid groups is 3. The largest absolute Gasteiger partial charge is 0.490 e. The molecule has 0 bridgehead atoms. The number of nitrogens with one attached hydrogen (secondary N) is 2. The number of aliphatic hydroxyl groups excluding tert-OH is 2. The number of aromatic amines is 1. The van der Waals surface area contributed by atoms with Crippen molar-refractivity contribution in [1.82, 2.24) is 14.9 Å². The molecule has 1 saturated heterocycles. The van der Waals surface area contributed by atoms with Crippen LogP contribution in [0.3, 0.4) is 0 Å². The summed E-state index contributed by atoms with van der Waals surface area (Å²) in [6.45, 7) is -1.24. The maximum Gasteiger partial charge on any atom is 0.490 e. The van der Waals surface area contributed by atoms with Crippen LogP contribution >= 0.6 is 23.5 Å². The molecule has 1 aliphatic rings. The fraction of sp³-hybridized carbons (Fsp3) is 0.429. The lowest BCUT2D eigenvalue weighted by Gasteiger charge is -2.19. The SMILES string of the molecule is O=C(C=Cc1cn([C@@H]2O[C@H](COP(=O)(O)OP(=O)(O)OP(=O)(O)O)C(O)[C@@H]2O)c(=O)[nH]c1=O)NC(=O)C(F)(F)F. The number of amides is 2. The molecule has 1 aromatic heterocycles. The molecule has 8 N–H and O–H groups in total. The highest BCUT2D eigenvalue weighted by atomic mass is 31.3. The van der Waals surface area contributed by atoms with Crippen LogP contribution in [0.4, 0.5) is 13.2 Å². The van der Waals surface area contributed by atoms with E-state index in [4.69, 9.17) is 19.4 Å². The number of halogens is 3. The van der Waals surface area contributed by atoms with Crippen molar-refractivity contribution < 1.29 is 84.1 Å². The lowest BCUT2D eigenvalue weighted by molar-refractivity contribution is -0.174. The summed E-state index contributed by atoms with van der Waals surface area (Å²) >= 11 is 0. The van der Waals surface area contributed by atoms with Crippen molar-refractivity contribution in [1.29, 1.82) is 0 Å². The molecule has 0 aromatic carbocycles. The van der Waals surface area contributed by atoms with Gasteiger partial charge in [-0.15, -0.1) is 0 Å². The van der Waals surface area contributed by atoms with E-state index in [0.29, 0.717) is 22.9 Å². The quantitative estimate of drug-likeness (QED) is 0.0977. The van der Waals surface area contributed by atoms with Crippen molar-refractivity contribution >= 4 is 41.4 Å². The van der Waals surface area contributed by atoms with Gasteiger partial charge in [0.2, 0.25) is 0 Å². The number of H-pyrrole nitrogens is 1. The molecule has 1 aromatic rings. The summed E-state index contributed by atoms with van der Waals surface area (Å²) in [6.07, 6.45) is -11.7. The van der Waals surface area contributed by atoms with Crippen molar-refractivity contribution in [3.8, 4) is 0 Å². The Morgan fingerprint density at radius 1 is 1.07 bits per heavy atom. The third kappa shape index (κ3) is 9.63. The number of hydrogen-bond donors (Lipinski definition) is 8. The maximum atomic E-state index is 12.2. The Morgan fingerprint density at radius 2 is 1.68 bits per heavy atom. The van der Waals surface area contributed by atoms with Crippen LogP contribution in [-0.2, 0) is 41.2 Å². The first kappa shape index (κ1) is 33.8. The highest BCUT2D eigenvalue weighted by Crippen LogP contribution is 2.66. The van der Waals surface area contributed by atoms with Gasteiger partial charge in [0.05, 0.1) is 12.2 Å². The summed E-state index contributed by atoms with van der Waals surface area (Å²) in [5.74, 6) is -4.22. The molecule has 226 valence electrons. The summed E-state index contributed by atoms with van der Waals surface area (Å²) in [4.78, 5) is 83.7. The zero-order valence-corrected chi connectivity index (χ0v) is 21.5. The molecular formula is C14H17F3N3O17P3. The van der Waals surface area contributed by atoms with Crippen LogP contribution in [0, 0.1) is 0 Å². The Labute approximate surface area is 217 Å². The summed E-state index contributed by atoms with van der Waals surface area (Å²) in [5.41, 5.74) is -3.12. The zero-order valence-electron chi connectivity index (χ0n) is 18.8. The second-order valence-electron chi connectivity index (χ2n) is 7.33. The van der Waals surface area contributed by atoms with E-state index in [1.165, 1.54) is 0 Å². The minimum atomic E-state index is -5.87. The molecule has 0 saturated carbocycles. The molecule has 2 amide bonds. The van der Waals surface area contributed by atoms with Gasteiger partial charge in [-0.25, -0.2) is 18.5 Å². The number of phosphoric ester groups is 1. The number of carbonyl (C=O) groups excluding carboxylic acids is 2. The average Bonchev–Trinajstić information content (AvgIpc) is 3.02. The van der Waals surface area contributed by atoms with E-state index in [2.05, 4.69) is 13.1 Å². The Bertz CT molecular complexity index is 1430. The third-order valence-electron chi connectivity index (χ3n) is 4.33. The summed E-state index contributed by atoms with van der Waals surface area (Å²) < 4.78 is 87.3. The number of imide groups is 1. The van der Waals surface area contributed by atoms with Crippen molar-refractivity contribution in [2.24, 2.45) is 0 Å². The molecule has 1 fully saturated rings. The van der Waals surface area contributed by atoms with Gasteiger partial charge in [-0.05, 0) is 6.08 Å². The van der Waals surface area contributed by atoms with Gasteiger partial charge in [0.1, 0.15) is 18.3 Å². The fourth-order valence-corrected chi connectivity index (χ4v) is 5.80. The number of ether oxygens (including phenoxy) is 1. The molecule has 3 unspecified atom stereocenters. The Balaban J connectivity index is 2.18. The molecule has 0 spiro atoms. The average molecular weight is 649 g/mol. The van der Waals surface area contributed by atoms with E-state index in [0.717, 1.165) is 5.32 Å². The lowest BCUT2D eigenvalue weighted by atomic mass is 10.1. The van der Waals surface area contributed by atoms with E-state index in [1.807, 2.05) is 0 Å². The van der Waals surface area contributed by atoms with Crippen molar-refractivity contribution in [3.05, 3.63) is 38.7 Å². The molecule has 20 nitrogen and oxygen atoms in total. The standard InChI is InChI=1S/C14H17F3N3O17P3/c15-14(16,17)12(25)18-7(21)2-1-5-3-20(13(26)19-10(5)24)11-9(23)8(22)6(35-11)4-34-39(30,31)37-40(32,33)36-38(27,28)29/h1-3,6,8-9,11,22-23H,4H2,(H,30,31)(H,32,33)(H,18,21,25)(H,19,24,26)(H2,27,28,29)/t6-,8?,9+,11-/m1/s1. The Morgan fingerprint density at radius 3 is 2.23 bits per heavy atom. The van der Waals surface area contributed by atoms with Crippen molar-refractivity contribution in [2.45, 2.75) is 30.7 Å². The van der Waals surface area contributed by atoms with Crippen molar-refractivity contribution in [3.63, 3.8) is 0 Å². The minimum absolute atomic E-state index is 0.315. The molecule has 40 heavy (non-hydrogen) atoms. The molecule has 0 radical (unpaired) electrons. The van der Waals surface area contributed by atoms with Gasteiger partial charge < -0.3 is 34.5 Å². The normalized spacial score (nSPS) is 24.9. The number of rotatable bonds is 10. The number of hydrogen-bond acceptors (Lipinski definition) is 13. The number of aromatic nitrogens is 2. The van der Waals surface area contributed by atoms with E-state index in [-0.39, 0.29) is 0 Å². The number of aliphatic hydroxyl groups is 2. The molecule has 1 aliphatic heterocycles. The number of alkyl halides is 3. The highest BCUT2D eigenvalue weighted by molar-refractivity contribution is 7.66. The smallest absolute Gasteiger partial charge is 0.387 e. The van der Waals surface area contributed by atoms with Gasteiger partial charge >= 0.3 is 41.2 Å². The van der Waals surface area contributed by atoms with E-state index < -0.39 is 89.4 Å². The third-order valence-corrected chi connectivity index (χ3v) is 8.14. The van der Waals surface area contributed by atoms with Crippen LogP contribution in [0.2, 0.25) is 0 Å². The predicted octanol–water partition coefficient (Wildman–Crippen LogP) is -2.28. The Hall–Kier alpha value is -2.36. The predicted molar refractivity (Wildman–Crippen MR) is 115 cm³/mol. The van der Waals surface area contributed by atoms with E-state index in [9.17, 15) is 61.2 Å². The molecule has 2 heterocycles. The minimum Gasteiger partial charge on any atom is -0.387 e. The van der Waals surface area contributed by atoms with Gasteiger partial charge in [-0.2, -0.15) is 21.8 Å².